The van der Waals surface area contributed by atoms with E-state index in [9.17, 15) is 4.79 Å². The molecule has 1 N–H and O–H groups in total. The van der Waals surface area contributed by atoms with Gasteiger partial charge in [0, 0.05) is 12.5 Å². The zero-order valence-corrected chi connectivity index (χ0v) is 8.10. The minimum Gasteiger partial charge on any atom is -0.307 e. The van der Waals surface area contributed by atoms with Crippen LogP contribution in [0.15, 0.2) is 0 Å². The summed E-state index contributed by atoms with van der Waals surface area (Å²) in [4.78, 5) is 11.3. The summed E-state index contributed by atoms with van der Waals surface area (Å²) >= 11 is 0. The second-order valence-electron chi connectivity index (χ2n) is 3.91. The molecular formula is C10H19NO. The molecule has 70 valence electrons. The van der Waals surface area contributed by atoms with Gasteiger partial charge >= 0.3 is 0 Å². The lowest BCUT2D eigenvalue weighted by atomic mass is 10.0. The molecule has 1 rings (SSSR count). The fraction of sp³-hybridized carbons (Fsp3) is 0.900. The normalized spacial score (nSPS) is 19.2. The summed E-state index contributed by atoms with van der Waals surface area (Å²) in [6.07, 6.45) is 4.37. The van der Waals surface area contributed by atoms with Crippen LogP contribution in [0.5, 0.6) is 0 Å². The van der Waals surface area contributed by atoms with Crippen molar-refractivity contribution in [1.29, 1.82) is 0 Å². The van der Waals surface area contributed by atoms with E-state index in [-0.39, 0.29) is 0 Å². The molecule has 0 heterocycles. The largest absolute Gasteiger partial charge is 0.307 e. The first kappa shape index (κ1) is 9.72. The summed E-state index contributed by atoms with van der Waals surface area (Å²) < 4.78 is 0. The zero-order chi connectivity index (χ0) is 8.97. The SMILES string of the molecule is CCC(C)CC(=O)CNC1CC1. The molecular weight excluding hydrogens is 150 g/mol. The Kier molecular flexibility index (Phi) is 3.73. The third-order valence-electron chi connectivity index (χ3n) is 2.44. The van der Waals surface area contributed by atoms with Crippen molar-refractivity contribution in [3.63, 3.8) is 0 Å². The maximum atomic E-state index is 11.3. The first-order chi connectivity index (χ1) is 5.72. The molecule has 0 spiro atoms. The highest BCUT2D eigenvalue weighted by Crippen LogP contribution is 2.18. The fourth-order valence-corrected chi connectivity index (χ4v) is 1.15. The summed E-state index contributed by atoms with van der Waals surface area (Å²) in [5.74, 6) is 0.926. The Bertz CT molecular complexity index is 152. The lowest BCUT2D eigenvalue weighted by molar-refractivity contribution is -0.119. The summed E-state index contributed by atoms with van der Waals surface area (Å²) in [6, 6.07) is 0.658. The number of Topliss-reactive ketones (excluding diaryl/α,β-unsaturated/α-hetero) is 1. The Morgan fingerprint density at radius 1 is 1.58 bits per heavy atom. The maximum Gasteiger partial charge on any atom is 0.146 e. The second-order valence-corrected chi connectivity index (χ2v) is 3.91. The van der Waals surface area contributed by atoms with Gasteiger partial charge in [-0.1, -0.05) is 20.3 Å². The molecule has 2 nitrogen and oxygen atoms in total. The van der Waals surface area contributed by atoms with Crippen molar-refractivity contribution in [2.75, 3.05) is 6.54 Å². The van der Waals surface area contributed by atoms with Gasteiger partial charge in [-0.25, -0.2) is 0 Å². The zero-order valence-electron chi connectivity index (χ0n) is 8.10. The number of hydrogen-bond donors (Lipinski definition) is 1. The molecule has 1 aliphatic rings. The average Bonchev–Trinajstić information content (AvgIpc) is 2.83. The van der Waals surface area contributed by atoms with E-state index in [1.54, 1.807) is 0 Å². The van der Waals surface area contributed by atoms with Crippen LogP contribution < -0.4 is 5.32 Å². The van der Waals surface area contributed by atoms with Gasteiger partial charge in [0.2, 0.25) is 0 Å². The topological polar surface area (TPSA) is 29.1 Å². The Balaban J connectivity index is 2.01. The monoisotopic (exact) mass is 169 g/mol. The van der Waals surface area contributed by atoms with E-state index < -0.39 is 0 Å². The van der Waals surface area contributed by atoms with Crippen LogP contribution in [0.1, 0.15) is 39.5 Å². The molecule has 1 aliphatic carbocycles. The van der Waals surface area contributed by atoms with E-state index in [0.29, 0.717) is 24.3 Å². The number of rotatable bonds is 6. The van der Waals surface area contributed by atoms with Crippen LogP contribution >= 0.6 is 0 Å². The third-order valence-corrected chi connectivity index (χ3v) is 2.44. The number of ketones is 1. The molecule has 0 bridgehead atoms. The molecule has 1 unspecified atom stereocenters. The van der Waals surface area contributed by atoms with Crippen molar-refractivity contribution in [1.82, 2.24) is 5.32 Å². The van der Waals surface area contributed by atoms with Crippen molar-refractivity contribution in [2.45, 2.75) is 45.6 Å². The molecule has 1 fully saturated rings. The first-order valence-corrected chi connectivity index (χ1v) is 4.97. The number of carbonyl (C=O) groups excluding carboxylic acids is 1. The van der Waals surface area contributed by atoms with E-state index in [1.165, 1.54) is 12.8 Å². The molecule has 1 atom stereocenters. The summed E-state index contributed by atoms with van der Waals surface area (Å²) in [5, 5.41) is 3.24. The minimum absolute atomic E-state index is 0.372. The van der Waals surface area contributed by atoms with Crippen LogP contribution in [-0.4, -0.2) is 18.4 Å². The van der Waals surface area contributed by atoms with Gasteiger partial charge in [0.15, 0.2) is 0 Å². The number of carbonyl (C=O) groups is 1. The average molecular weight is 169 g/mol. The summed E-state index contributed by atoms with van der Waals surface area (Å²) in [5.41, 5.74) is 0. The number of hydrogen-bond acceptors (Lipinski definition) is 2. The Morgan fingerprint density at radius 2 is 2.25 bits per heavy atom. The van der Waals surface area contributed by atoms with Crippen molar-refractivity contribution in [3.05, 3.63) is 0 Å². The smallest absolute Gasteiger partial charge is 0.146 e. The Morgan fingerprint density at radius 3 is 2.75 bits per heavy atom. The van der Waals surface area contributed by atoms with Crippen molar-refractivity contribution < 1.29 is 4.79 Å². The summed E-state index contributed by atoms with van der Waals surface area (Å²) in [7, 11) is 0. The number of nitrogens with one attached hydrogen (secondary N) is 1. The molecule has 0 aliphatic heterocycles. The second kappa shape index (κ2) is 4.61. The van der Waals surface area contributed by atoms with Crippen LogP contribution in [-0.2, 0) is 4.79 Å². The van der Waals surface area contributed by atoms with Gasteiger partial charge in [-0.05, 0) is 18.8 Å². The van der Waals surface area contributed by atoms with Gasteiger partial charge in [-0.3, -0.25) is 4.79 Å². The molecule has 0 radical (unpaired) electrons. The molecule has 0 aromatic rings. The van der Waals surface area contributed by atoms with Crippen LogP contribution in [0, 0.1) is 5.92 Å². The van der Waals surface area contributed by atoms with Crippen LogP contribution in [0.2, 0.25) is 0 Å². The molecule has 0 aromatic carbocycles. The first-order valence-electron chi connectivity index (χ1n) is 4.97. The summed E-state index contributed by atoms with van der Waals surface area (Å²) in [6.45, 7) is 4.86. The predicted molar refractivity (Wildman–Crippen MR) is 50.1 cm³/mol. The minimum atomic E-state index is 0.372. The maximum absolute atomic E-state index is 11.3. The highest BCUT2D eigenvalue weighted by atomic mass is 16.1. The predicted octanol–water partition coefficient (Wildman–Crippen LogP) is 1.74. The van der Waals surface area contributed by atoms with Gasteiger partial charge in [-0.2, -0.15) is 0 Å². The van der Waals surface area contributed by atoms with E-state index in [4.69, 9.17) is 0 Å². The molecule has 1 saturated carbocycles. The van der Waals surface area contributed by atoms with Crippen LogP contribution in [0.4, 0.5) is 0 Å². The van der Waals surface area contributed by atoms with Gasteiger partial charge in [0.05, 0.1) is 6.54 Å². The third kappa shape index (κ3) is 3.86. The quantitative estimate of drug-likeness (QED) is 0.656. The van der Waals surface area contributed by atoms with E-state index in [2.05, 4.69) is 19.2 Å². The molecule has 0 aromatic heterocycles. The van der Waals surface area contributed by atoms with Crippen molar-refractivity contribution in [3.8, 4) is 0 Å². The van der Waals surface area contributed by atoms with Crippen LogP contribution in [0.3, 0.4) is 0 Å². The van der Waals surface area contributed by atoms with E-state index in [0.717, 1.165) is 12.8 Å². The Hall–Kier alpha value is -0.370. The lowest BCUT2D eigenvalue weighted by Crippen LogP contribution is -2.25. The highest BCUT2D eigenvalue weighted by Gasteiger charge is 2.21. The molecule has 12 heavy (non-hydrogen) atoms. The van der Waals surface area contributed by atoms with Gasteiger partial charge in [-0.15, -0.1) is 0 Å². The van der Waals surface area contributed by atoms with Crippen molar-refractivity contribution in [2.24, 2.45) is 5.92 Å². The lowest BCUT2D eigenvalue weighted by Gasteiger charge is -2.07. The molecule has 0 amide bonds. The standard InChI is InChI=1S/C10H19NO/c1-3-8(2)6-10(12)7-11-9-4-5-9/h8-9,11H,3-7H2,1-2H3. The van der Waals surface area contributed by atoms with Crippen molar-refractivity contribution >= 4 is 5.78 Å². The molecule has 2 heteroatoms. The van der Waals surface area contributed by atoms with Gasteiger partial charge in [0.25, 0.3) is 0 Å². The van der Waals surface area contributed by atoms with E-state index in [1.807, 2.05) is 0 Å². The fourth-order valence-electron chi connectivity index (χ4n) is 1.15. The van der Waals surface area contributed by atoms with Gasteiger partial charge < -0.3 is 5.32 Å². The van der Waals surface area contributed by atoms with Gasteiger partial charge in [0.1, 0.15) is 5.78 Å². The van der Waals surface area contributed by atoms with Crippen LogP contribution in [0.25, 0.3) is 0 Å². The molecule has 0 saturated heterocycles. The van der Waals surface area contributed by atoms with E-state index >= 15 is 0 Å². The Labute approximate surface area is 74.7 Å². The highest BCUT2D eigenvalue weighted by molar-refractivity contribution is 5.80.